The maximum atomic E-state index is 12.7. The number of nitrogens with one attached hydrogen (secondary N) is 2. The number of phenols is 1. The summed E-state index contributed by atoms with van der Waals surface area (Å²) in [5.74, 6) is -2.49. The van der Waals surface area contributed by atoms with Gasteiger partial charge in [-0.15, -0.1) is 0 Å². The fraction of sp³-hybridized carbons (Fsp3) is 0.545. The number of unbranched alkanes of at least 4 members (excludes halogenated alkanes) is 1. The van der Waals surface area contributed by atoms with Crippen LogP contribution < -0.4 is 22.1 Å². The molecule has 1 aromatic carbocycles. The molecule has 8 N–H and O–H groups in total. The van der Waals surface area contributed by atoms with Crippen LogP contribution in [-0.2, 0) is 25.6 Å². The highest BCUT2D eigenvalue weighted by atomic mass is 16.4. The molecular formula is C22H33N5O6. The van der Waals surface area contributed by atoms with Crippen molar-refractivity contribution in [2.75, 3.05) is 19.6 Å². The second-order valence-electron chi connectivity index (χ2n) is 8.12. The lowest BCUT2D eigenvalue weighted by Crippen LogP contribution is -2.53. The number of nitrogens with two attached hydrogens (primary N) is 2. The van der Waals surface area contributed by atoms with Crippen LogP contribution in [0.1, 0.15) is 37.7 Å². The Balaban J connectivity index is 1.86. The van der Waals surface area contributed by atoms with Crippen molar-refractivity contribution in [2.24, 2.45) is 11.5 Å². The average Bonchev–Trinajstić information content (AvgIpc) is 3.28. The molecule has 182 valence electrons. The molecule has 0 saturated carbocycles. The molecular weight excluding hydrogens is 430 g/mol. The van der Waals surface area contributed by atoms with Gasteiger partial charge in [0.1, 0.15) is 17.8 Å². The molecule has 1 heterocycles. The van der Waals surface area contributed by atoms with Gasteiger partial charge in [-0.05, 0) is 62.8 Å². The molecule has 0 aromatic heterocycles. The van der Waals surface area contributed by atoms with Crippen LogP contribution in [0.3, 0.4) is 0 Å². The predicted octanol–water partition coefficient (Wildman–Crippen LogP) is -0.932. The van der Waals surface area contributed by atoms with E-state index in [4.69, 9.17) is 11.5 Å². The molecule has 0 aliphatic carbocycles. The summed E-state index contributed by atoms with van der Waals surface area (Å²) in [5, 5.41) is 23.7. The Bertz CT molecular complexity index is 831. The second kappa shape index (κ2) is 12.8. The van der Waals surface area contributed by atoms with Crippen LogP contribution in [-0.4, -0.2) is 76.6 Å². The normalized spacial score (nSPS) is 17.3. The standard InChI is InChI=1S/C22H33N5O6/c23-10-2-1-4-17(22(32)33)26-21(31)18-5-3-11-27(18)19(29)13-25-20(30)16(24)12-14-6-8-15(28)9-7-14/h6-9,16-18,28H,1-5,10-13,23-24H2,(H,25,30)(H,26,31)(H,32,33). The molecule has 11 heteroatoms. The molecule has 1 saturated heterocycles. The quantitative estimate of drug-likeness (QED) is 0.214. The summed E-state index contributed by atoms with van der Waals surface area (Å²) in [7, 11) is 0. The third-order valence-corrected chi connectivity index (χ3v) is 5.58. The number of carbonyl (C=O) groups excluding carboxylic acids is 3. The highest BCUT2D eigenvalue weighted by Gasteiger charge is 2.35. The van der Waals surface area contributed by atoms with Crippen molar-refractivity contribution in [1.82, 2.24) is 15.5 Å². The highest BCUT2D eigenvalue weighted by Crippen LogP contribution is 2.18. The monoisotopic (exact) mass is 463 g/mol. The SMILES string of the molecule is NCCCCC(NC(=O)C1CCCN1C(=O)CNC(=O)C(N)Cc1ccc(O)cc1)C(=O)O. The summed E-state index contributed by atoms with van der Waals surface area (Å²) < 4.78 is 0. The molecule has 3 amide bonds. The number of amides is 3. The Hall–Kier alpha value is -3.18. The Morgan fingerprint density at radius 1 is 1.15 bits per heavy atom. The number of hydrogen-bond donors (Lipinski definition) is 6. The van der Waals surface area contributed by atoms with Gasteiger partial charge in [-0.1, -0.05) is 12.1 Å². The summed E-state index contributed by atoms with van der Waals surface area (Å²) in [4.78, 5) is 50.4. The third kappa shape index (κ3) is 8.03. The van der Waals surface area contributed by atoms with Crippen LogP contribution in [0.25, 0.3) is 0 Å². The van der Waals surface area contributed by atoms with Crippen molar-refractivity contribution in [3.63, 3.8) is 0 Å². The molecule has 1 aromatic rings. The average molecular weight is 464 g/mol. The van der Waals surface area contributed by atoms with E-state index in [1.54, 1.807) is 12.1 Å². The zero-order chi connectivity index (χ0) is 24.4. The van der Waals surface area contributed by atoms with E-state index in [-0.39, 0.29) is 25.1 Å². The van der Waals surface area contributed by atoms with Crippen LogP contribution in [0.5, 0.6) is 5.75 Å². The predicted molar refractivity (Wildman–Crippen MR) is 120 cm³/mol. The van der Waals surface area contributed by atoms with Crippen molar-refractivity contribution < 1.29 is 29.4 Å². The molecule has 1 aliphatic heterocycles. The number of carboxylic acids is 1. The summed E-state index contributed by atoms with van der Waals surface area (Å²) in [6.07, 6.45) is 2.73. The molecule has 0 spiro atoms. The summed E-state index contributed by atoms with van der Waals surface area (Å²) in [6, 6.07) is 3.59. The largest absolute Gasteiger partial charge is 0.508 e. The van der Waals surface area contributed by atoms with E-state index < -0.39 is 41.8 Å². The topological polar surface area (TPSA) is 188 Å². The molecule has 33 heavy (non-hydrogen) atoms. The lowest BCUT2D eigenvalue weighted by molar-refractivity contribution is -0.144. The Morgan fingerprint density at radius 3 is 2.48 bits per heavy atom. The van der Waals surface area contributed by atoms with Gasteiger partial charge in [0, 0.05) is 6.54 Å². The first-order chi connectivity index (χ1) is 15.7. The number of nitrogens with zero attached hydrogens (tertiary/aromatic N) is 1. The van der Waals surface area contributed by atoms with E-state index in [1.807, 2.05) is 0 Å². The number of carboxylic acid groups (broad SMARTS) is 1. The lowest BCUT2D eigenvalue weighted by Gasteiger charge is -2.26. The minimum Gasteiger partial charge on any atom is -0.508 e. The van der Waals surface area contributed by atoms with Gasteiger partial charge >= 0.3 is 5.97 Å². The number of hydrogen-bond acceptors (Lipinski definition) is 7. The zero-order valence-corrected chi connectivity index (χ0v) is 18.5. The summed E-state index contributed by atoms with van der Waals surface area (Å²) in [6.45, 7) is 0.470. The number of likely N-dealkylation sites (tertiary alicyclic amines) is 1. The van der Waals surface area contributed by atoms with Crippen molar-refractivity contribution in [1.29, 1.82) is 0 Å². The fourth-order valence-electron chi connectivity index (χ4n) is 3.73. The maximum absolute atomic E-state index is 12.7. The van der Waals surface area contributed by atoms with Crippen LogP contribution in [0.15, 0.2) is 24.3 Å². The second-order valence-corrected chi connectivity index (χ2v) is 8.12. The molecule has 1 fully saturated rings. The number of aromatic hydroxyl groups is 1. The third-order valence-electron chi connectivity index (χ3n) is 5.58. The number of phenolic OH excluding ortho intramolecular Hbond substituents is 1. The minimum absolute atomic E-state index is 0.108. The first kappa shape index (κ1) is 26.1. The number of benzene rings is 1. The van der Waals surface area contributed by atoms with E-state index in [2.05, 4.69) is 10.6 Å². The molecule has 3 unspecified atom stereocenters. The van der Waals surface area contributed by atoms with Crippen LogP contribution >= 0.6 is 0 Å². The highest BCUT2D eigenvalue weighted by molar-refractivity contribution is 5.93. The number of aliphatic carboxylic acids is 1. The fourth-order valence-corrected chi connectivity index (χ4v) is 3.73. The van der Waals surface area contributed by atoms with Gasteiger partial charge < -0.3 is 37.2 Å². The van der Waals surface area contributed by atoms with Crippen LogP contribution in [0, 0.1) is 0 Å². The zero-order valence-electron chi connectivity index (χ0n) is 18.5. The summed E-state index contributed by atoms with van der Waals surface area (Å²) >= 11 is 0. The van der Waals surface area contributed by atoms with Crippen LogP contribution in [0.2, 0.25) is 0 Å². The van der Waals surface area contributed by atoms with E-state index in [9.17, 15) is 29.4 Å². The molecule has 2 rings (SSSR count). The van der Waals surface area contributed by atoms with Gasteiger partial charge in [0.25, 0.3) is 0 Å². The lowest BCUT2D eigenvalue weighted by atomic mass is 10.1. The Morgan fingerprint density at radius 2 is 1.85 bits per heavy atom. The van der Waals surface area contributed by atoms with Gasteiger partial charge in [0.2, 0.25) is 17.7 Å². The van der Waals surface area contributed by atoms with Crippen molar-refractivity contribution >= 4 is 23.7 Å². The first-order valence-electron chi connectivity index (χ1n) is 11.1. The number of rotatable bonds is 12. The van der Waals surface area contributed by atoms with E-state index >= 15 is 0 Å². The van der Waals surface area contributed by atoms with Gasteiger partial charge in [0.05, 0.1) is 12.6 Å². The van der Waals surface area contributed by atoms with Gasteiger partial charge in [-0.3, -0.25) is 14.4 Å². The maximum Gasteiger partial charge on any atom is 0.326 e. The van der Waals surface area contributed by atoms with Crippen molar-refractivity contribution in [2.45, 2.75) is 56.7 Å². The van der Waals surface area contributed by atoms with Gasteiger partial charge in [-0.25, -0.2) is 4.79 Å². The van der Waals surface area contributed by atoms with Gasteiger partial charge in [0.15, 0.2) is 0 Å². The van der Waals surface area contributed by atoms with Crippen LogP contribution in [0.4, 0.5) is 0 Å². The van der Waals surface area contributed by atoms with E-state index in [0.29, 0.717) is 38.8 Å². The van der Waals surface area contributed by atoms with Crippen molar-refractivity contribution in [3.8, 4) is 5.75 Å². The van der Waals surface area contributed by atoms with Crippen molar-refractivity contribution in [3.05, 3.63) is 29.8 Å². The summed E-state index contributed by atoms with van der Waals surface area (Å²) in [5.41, 5.74) is 12.1. The minimum atomic E-state index is -1.13. The Labute approximate surface area is 192 Å². The number of carbonyl (C=O) groups is 4. The first-order valence-corrected chi connectivity index (χ1v) is 11.1. The van der Waals surface area contributed by atoms with E-state index in [1.165, 1.54) is 17.0 Å². The van der Waals surface area contributed by atoms with Gasteiger partial charge in [-0.2, -0.15) is 0 Å². The molecule has 0 bridgehead atoms. The molecule has 0 radical (unpaired) electrons. The van der Waals surface area contributed by atoms with E-state index in [0.717, 1.165) is 5.56 Å². The molecule has 3 atom stereocenters. The smallest absolute Gasteiger partial charge is 0.326 e. The molecule has 11 nitrogen and oxygen atoms in total. The Kier molecular flexibility index (Phi) is 10.1. The molecule has 1 aliphatic rings.